The zero-order valence-electron chi connectivity index (χ0n) is 16.8. The number of aromatic nitrogens is 1. The molecule has 0 N–H and O–H groups in total. The van der Waals surface area contributed by atoms with Crippen LogP contribution in [0.1, 0.15) is 16.1 Å². The molecule has 0 spiro atoms. The Morgan fingerprint density at radius 1 is 1.07 bits per heavy atom. The Morgan fingerprint density at radius 2 is 1.76 bits per heavy atom. The number of carbonyl (C=O) groups excluding carboxylic acids is 1. The van der Waals surface area contributed by atoms with Crippen LogP contribution in [0.5, 0.6) is 5.75 Å². The summed E-state index contributed by atoms with van der Waals surface area (Å²) in [6.07, 6.45) is 0. The summed E-state index contributed by atoms with van der Waals surface area (Å²) in [6.45, 7) is 1.68. The molecular formula is C22H24FN3O2S. The largest absolute Gasteiger partial charge is 0.497 e. The lowest BCUT2D eigenvalue weighted by Gasteiger charge is -2.24. The Kier molecular flexibility index (Phi) is 6.95. The number of methoxy groups -OCH3 is 1. The second kappa shape index (κ2) is 9.62. The highest BCUT2D eigenvalue weighted by molar-refractivity contribution is 7.13. The summed E-state index contributed by atoms with van der Waals surface area (Å²) in [5.41, 5.74) is 2.24. The van der Waals surface area contributed by atoms with Crippen LogP contribution >= 0.6 is 11.3 Å². The van der Waals surface area contributed by atoms with Gasteiger partial charge < -0.3 is 14.5 Å². The molecule has 152 valence electrons. The van der Waals surface area contributed by atoms with Crippen LogP contribution in [-0.2, 0) is 6.54 Å². The van der Waals surface area contributed by atoms with Gasteiger partial charge in [-0.2, -0.15) is 0 Å². The molecule has 0 unspecified atom stereocenters. The predicted molar refractivity (Wildman–Crippen MR) is 114 cm³/mol. The first-order chi connectivity index (χ1) is 14.0. The quantitative estimate of drug-likeness (QED) is 0.556. The van der Waals surface area contributed by atoms with E-state index >= 15 is 0 Å². The van der Waals surface area contributed by atoms with E-state index in [1.165, 1.54) is 23.5 Å². The third-order valence-electron chi connectivity index (χ3n) is 4.45. The molecule has 0 fully saturated rings. The van der Waals surface area contributed by atoms with E-state index in [1.54, 1.807) is 29.5 Å². The molecular weight excluding hydrogens is 389 g/mol. The lowest BCUT2D eigenvalue weighted by atomic mass is 10.2. The Hall–Kier alpha value is -2.77. The van der Waals surface area contributed by atoms with Gasteiger partial charge in [0.1, 0.15) is 22.3 Å². The molecule has 0 radical (unpaired) electrons. The van der Waals surface area contributed by atoms with Crippen LogP contribution in [0, 0.1) is 5.82 Å². The van der Waals surface area contributed by atoms with Crippen molar-refractivity contribution in [3.63, 3.8) is 0 Å². The number of hydrogen-bond donors (Lipinski definition) is 0. The molecule has 0 aliphatic rings. The number of benzene rings is 2. The van der Waals surface area contributed by atoms with E-state index in [2.05, 4.69) is 4.98 Å². The van der Waals surface area contributed by atoms with Gasteiger partial charge in [-0.15, -0.1) is 11.3 Å². The Bertz CT molecular complexity index is 939. The molecule has 2 aromatic carbocycles. The van der Waals surface area contributed by atoms with Crippen LogP contribution in [0.25, 0.3) is 10.6 Å². The lowest BCUT2D eigenvalue weighted by Crippen LogP contribution is -2.36. The van der Waals surface area contributed by atoms with Gasteiger partial charge >= 0.3 is 0 Å². The first kappa shape index (κ1) is 21.0. The molecule has 1 aromatic heterocycles. The van der Waals surface area contributed by atoms with Gasteiger partial charge in [-0.3, -0.25) is 4.79 Å². The highest BCUT2D eigenvalue weighted by Crippen LogP contribution is 2.26. The third-order valence-corrected chi connectivity index (χ3v) is 5.34. The average molecular weight is 414 g/mol. The van der Waals surface area contributed by atoms with E-state index in [0.717, 1.165) is 28.4 Å². The van der Waals surface area contributed by atoms with Gasteiger partial charge in [0.2, 0.25) is 0 Å². The summed E-state index contributed by atoms with van der Waals surface area (Å²) in [4.78, 5) is 21.5. The van der Waals surface area contributed by atoms with Gasteiger partial charge in [-0.1, -0.05) is 12.1 Å². The molecule has 0 saturated carbocycles. The van der Waals surface area contributed by atoms with Gasteiger partial charge in [0.15, 0.2) is 0 Å². The van der Waals surface area contributed by atoms with Crippen LogP contribution in [0.4, 0.5) is 4.39 Å². The predicted octanol–water partition coefficient (Wildman–Crippen LogP) is 4.16. The van der Waals surface area contributed by atoms with Crippen molar-refractivity contribution in [2.45, 2.75) is 6.54 Å². The molecule has 1 amide bonds. The Balaban J connectivity index is 1.78. The number of ether oxygens (including phenoxy) is 1. The van der Waals surface area contributed by atoms with Crippen LogP contribution in [-0.4, -0.2) is 55.0 Å². The number of carbonyl (C=O) groups is 1. The maximum Gasteiger partial charge on any atom is 0.273 e. The van der Waals surface area contributed by atoms with Gasteiger partial charge in [0.05, 0.1) is 7.11 Å². The molecule has 0 atom stereocenters. The summed E-state index contributed by atoms with van der Waals surface area (Å²) in [7, 11) is 5.55. The first-order valence-corrected chi connectivity index (χ1v) is 10.1. The van der Waals surface area contributed by atoms with E-state index in [4.69, 9.17) is 4.74 Å². The number of hydrogen-bond acceptors (Lipinski definition) is 5. The molecule has 5 nitrogen and oxygen atoms in total. The molecule has 0 aliphatic carbocycles. The molecule has 3 rings (SSSR count). The Labute approximate surface area is 174 Å². The zero-order valence-corrected chi connectivity index (χ0v) is 17.6. The first-order valence-electron chi connectivity index (χ1n) is 9.24. The molecule has 1 heterocycles. The van der Waals surface area contributed by atoms with Gasteiger partial charge in [0.25, 0.3) is 5.91 Å². The SMILES string of the molecule is COc1ccc(-c2nc(C(=O)N(CCN(C)C)Cc3ccc(F)cc3)cs2)cc1. The van der Waals surface area contributed by atoms with Crippen molar-refractivity contribution in [3.8, 4) is 16.3 Å². The molecule has 0 bridgehead atoms. The van der Waals surface area contributed by atoms with Gasteiger partial charge in [0, 0.05) is 30.6 Å². The molecule has 0 saturated heterocycles. The average Bonchev–Trinajstić information content (AvgIpc) is 3.22. The minimum atomic E-state index is -0.288. The fourth-order valence-corrected chi connectivity index (χ4v) is 3.58. The fourth-order valence-electron chi connectivity index (χ4n) is 2.78. The number of nitrogens with zero attached hydrogens (tertiary/aromatic N) is 3. The van der Waals surface area contributed by atoms with Gasteiger partial charge in [-0.05, 0) is 56.1 Å². The summed E-state index contributed by atoms with van der Waals surface area (Å²) in [5.74, 6) is 0.353. The monoisotopic (exact) mass is 413 g/mol. The van der Waals surface area contributed by atoms with E-state index in [-0.39, 0.29) is 11.7 Å². The number of halogens is 1. The van der Waals surface area contributed by atoms with Crippen molar-refractivity contribution < 1.29 is 13.9 Å². The van der Waals surface area contributed by atoms with Crippen molar-refractivity contribution >= 4 is 17.2 Å². The van der Waals surface area contributed by atoms with Crippen LogP contribution in [0.15, 0.2) is 53.9 Å². The number of rotatable bonds is 8. The summed E-state index contributed by atoms with van der Waals surface area (Å²) in [6, 6.07) is 13.8. The van der Waals surface area contributed by atoms with E-state index in [0.29, 0.717) is 18.8 Å². The van der Waals surface area contributed by atoms with Crippen molar-refractivity contribution in [3.05, 3.63) is 71.0 Å². The van der Waals surface area contributed by atoms with Crippen LogP contribution in [0.3, 0.4) is 0 Å². The number of thiazole rings is 1. The van der Waals surface area contributed by atoms with Crippen molar-refractivity contribution in [2.24, 2.45) is 0 Å². The zero-order chi connectivity index (χ0) is 20.8. The highest BCUT2D eigenvalue weighted by Gasteiger charge is 2.20. The highest BCUT2D eigenvalue weighted by atomic mass is 32.1. The second-order valence-corrected chi connectivity index (χ2v) is 7.78. The van der Waals surface area contributed by atoms with E-state index in [1.807, 2.05) is 43.3 Å². The minimum absolute atomic E-state index is 0.132. The maximum absolute atomic E-state index is 13.2. The standard InChI is InChI=1S/C22H24FN3O2S/c1-25(2)12-13-26(14-16-4-8-18(23)9-5-16)22(27)20-15-29-21(24-20)17-6-10-19(28-3)11-7-17/h4-11,15H,12-14H2,1-3H3. The third kappa shape index (κ3) is 5.62. The van der Waals surface area contributed by atoms with Crippen LogP contribution in [0.2, 0.25) is 0 Å². The number of likely N-dealkylation sites (N-methyl/N-ethyl adjacent to an activating group) is 1. The van der Waals surface area contributed by atoms with Crippen LogP contribution < -0.4 is 4.74 Å². The van der Waals surface area contributed by atoms with Crippen molar-refractivity contribution in [1.82, 2.24) is 14.8 Å². The maximum atomic E-state index is 13.2. The molecule has 3 aromatic rings. The Morgan fingerprint density at radius 3 is 2.38 bits per heavy atom. The summed E-state index contributed by atoms with van der Waals surface area (Å²) in [5, 5.41) is 2.57. The lowest BCUT2D eigenvalue weighted by molar-refractivity contribution is 0.0727. The summed E-state index contributed by atoms with van der Waals surface area (Å²) >= 11 is 1.44. The smallest absolute Gasteiger partial charge is 0.273 e. The minimum Gasteiger partial charge on any atom is -0.497 e. The van der Waals surface area contributed by atoms with Gasteiger partial charge in [-0.25, -0.2) is 9.37 Å². The summed E-state index contributed by atoms with van der Waals surface area (Å²) < 4.78 is 18.4. The topological polar surface area (TPSA) is 45.7 Å². The molecule has 29 heavy (non-hydrogen) atoms. The van der Waals surface area contributed by atoms with Crippen molar-refractivity contribution in [1.29, 1.82) is 0 Å². The fraction of sp³-hybridized carbons (Fsp3) is 0.273. The van der Waals surface area contributed by atoms with E-state index < -0.39 is 0 Å². The molecule has 0 aliphatic heterocycles. The number of amides is 1. The normalized spacial score (nSPS) is 10.9. The molecule has 7 heteroatoms. The van der Waals surface area contributed by atoms with Crippen molar-refractivity contribution in [2.75, 3.05) is 34.3 Å². The van der Waals surface area contributed by atoms with E-state index in [9.17, 15) is 9.18 Å². The second-order valence-electron chi connectivity index (χ2n) is 6.92.